The summed E-state index contributed by atoms with van der Waals surface area (Å²) in [6.45, 7) is 1.60. The van der Waals surface area contributed by atoms with Crippen molar-refractivity contribution in [1.29, 1.82) is 0 Å². The number of nitrogens with two attached hydrogens (primary N) is 1. The Labute approximate surface area is 142 Å². The molecule has 1 aromatic carbocycles. The fourth-order valence-corrected chi connectivity index (χ4v) is 3.00. The molecule has 1 aliphatic rings. The minimum Gasteiger partial charge on any atom is -0.354 e. The first-order chi connectivity index (χ1) is 11.1. The molecule has 1 unspecified atom stereocenters. The summed E-state index contributed by atoms with van der Waals surface area (Å²) < 4.78 is 0. The Hall–Kier alpha value is -1.59. The number of likely N-dealkylation sites (tertiary alicyclic amines) is 1. The van der Waals surface area contributed by atoms with E-state index in [1.165, 1.54) is 0 Å². The van der Waals surface area contributed by atoms with Gasteiger partial charge in [-0.1, -0.05) is 23.7 Å². The van der Waals surface area contributed by atoms with Crippen molar-refractivity contribution in [2.24, 2.45) is 5.73 Å². The number of hydrogen-bond acceptors (Lipinski definition) is 3. The first-order valence-electron chi connectivity index (χ1n) is 8.11. The van der Waals surface area contributed by atoms with Crippen molar-refractivity contribution in [1.82, 2.24) is 10.2 Å². The molecule has 3 N–H and O–H groups in total. The molecule has 2 rings (SSSR count). The summed E-state index contributed by atoms with van der Waals surface area (Å²) in [4.78, 5) is 26.1. The quantitative estimate of drug-likeness (QED) is 0.830. The lowest BCUT2D eigenvalue weighted by molar-refractivity contribution is -0.134. The minimum absolute atomic E-state index is 0.0526. The maximum Gasteiger partial charge on any atom is 0.227 e. The van der Waals surface area contributed by atoms with E-state index in [0.717, 1.165) is 31.4 Å². The molecule has 0 aliphatic carbocycles. The molecule has 6 heteroatoms. The second-order valence-corrected chi connectivity index (χ2v) is 6.32. The summed E-state index contributed by atoms with van der Waals surface area (Å²) in [6.07, 6.45) is 3.72. The third-order valence-electron chi connectivity index (χ3n) is 4.12. The van der Waals surface area contributed by atoms with E-state index in [9.17, 15) is 9.59 Å². The molecule has 0 spiro atoms. The lowest BCUT2D eigenvalue weighted by Crippen LogP contribution is -2.50. The Bertz CT molecular complexity index is 533. The van der Waals surface area contributed by atoms with Gasteiger partial charge in [0, 0.05) is 37.1 Å². The van der Waals surface area contributed by atoms with Crippen LogP contribution in [0, 0.1) is 0 Å². The normalized spacial score (nSPS) is 17.8. The van der Waals surface area contributed by atoms with Gasteiger partial charge in [-0.25, -0.2) is 0 Å². The van der Waals surface area contributed by atoms with Gasteiger partial charge < -0.3 is 16.0 Å². The summed E-state index contributed by atoms with van der Waals surface area (Å²) in [5, 5.41) is 3.55. The molecule has 2 amide bonds. The molecule has 0 aromatic heterocycles. The second-order valence-electron chi connectivity index (χ2n) is 5.88. The van der Waals surface area contributed by atoms with Gasteiger partial charge in [0.15, 0.2) is 0 Å². The van der Waals surface area contributed by atoms with Crippen molar-refractivity contribution in [3.63, 3.8) is 0 Å². The molecule has 0 bridgehead atoms. The molecular formula is C17H24ClN3O2. The van der Waals surface area contributed by atoms with Gasteiger partial charge in [0.05, 0.1) is 6.42 Å². The van der Waals surface area contributed by atoms with E-state index < -0.39 is 0 Å². The summed E-state index contributed by atoms with van der Waals surface area (Å²) in [5.41, 5.74) is 6.33. The Balaban J connectivity index is 1.92. The lowest BCUT2D eigenvalue weighted by atomic mass is 10.0. The number of carbonyl (C=O) groups excluding carboxylic acids is 2. The SMILES string of the molecule is NCCC(=O)NCC1CCCCN1C(=O)Cc1ccc(Cl)cc1. The van der Waals surface area contributed by atoms with Gasteiger partial charge in [-0.15, -0.1) is 0 Å². The third kappa shape index (κ3) is 5.52. The molecule has 0 radical (unpaired) electrons. The highest BCUT2D eigenvalue weighted by Gasteiger charge is 2.26. The number of rotatable bonds is 6. The van der Waals surface area contributed by atoms with E-state index in [4.69, 9.17) is 17.3 Å². The summed E-state index contributed by atoms with van der Waals surface area (Å²) in [5.74, 6) is 0.0493. The van der Waals surface area contributed by atoms with Crippen molar-refractivity contribution in [3.05, 3.63) is 34.9 Å². The van der Waals surface area contributed by atoms with Gasteiger partial charge in [0.2, 0.25) is 11.8 Å². The van der Waals surface area contributed by atoms with Crippen molar-refractivity contribution < 1.29 is 9.59 Å². The van der Waals surface area contributed by atoms with Crippen LogP contribution in [0.3, 0.4) is 0 Å². The van der Waals surface area contributed by atoms with Gasteiger partial charge in [-0.3, -0.25) is 9.59 Å². The van der Waals surface area contributed by atoms with Crippen LogP contribution >= 0.6 is 11.6 Å². The Kier molecular flexibility index (Phi) is 6.86. The highest BCUT2D eigenvalue weighted by molar-refractivity contribution is 6.30. The number of nitrogens with zero attached hydrogens (tertiary/aromatic N) is 1. The third-order valence-corrected chi connectivity index (χ3v) is 4.37. The maximum absolute atomic E-state index is 12.6. The predicted molar refractivity (Wildman–Crippen MR) is 91.2 cm³/mol. The van der Waals surface area contributed by atoms with E-state index in [1.807, 2.05) is 17.0 Å². The second kappa shape index (κ2) is 8.89. The van der Waals surface area contributed by atoms with Gasteiger partial charge in [0.25, 0.3) is 0 Å². The molecule has 126 valence electrons. The summed E-state index contributed by atoms with van der Waals surface area (Å²) in [6, 6.07) is 7.42. The smallest absolute Gasteiger partial charge is 0.227 e. The number of amides is 2. The van der Waals surface area contributed by atoms with Crippen LogP contribution in [0.4, 0.5) is 0 Å². The molecule has 0 saturated carbocycles. The zero-order valence-electron chi connectivity index (χ0n) is 13.3. The molecule has 5 nitrogen and oxygen atoms in total. The molecule has 1 heterocycles. The topological polar surface area (TPSA) is 75.4 Å². The number of carbonyl (C=O) groups is 2. The van der Waals surface area contributed by atoms with E-state index in [-0.39, 0.29) is 17.9 Å². The van der Waals surface area contributed by atoms with Crippen molar-refractivity contribution >= 4 is 23.4 Å². The van der Waals surface area contributed by atoms with Crippen LogP contribution in [0.1, 0.15) is 31.2 Å². The van der Waals surface area contributed by atoms with Gasteiger partial charge in [-0.05, 0) is 37.0 Å². The maximum atomic E-state index is 12.6. The zero-order valence-corrected chi connectivity index (χ0v) is 14.0. The highest BCUT2D eigenvalue weighted by Crippen LogP contribution is 2.18. The lowest BCUT2D eigenvalue weighted by Gasteiger charge is -2.36. The van der Waals surface area contributed by atoms with Gasteiger partial charge in [-0.2, -0.15) is 0 Å². The largest absolute Gasteiger partial charge is 0.354 e. The zero-order chi connectivity index (χ0) is 16.7. The average molecular weight is 338 g/mol. The minimum atomic E-state index is -0.0526. The van der Waals surface area contributed by atoms with Crippen LogP contribution in [0.15, 0.2) is 24.3 Å². The van der Waals surface area contributed by atoms with Crippen LogP contribution in [-0.4, -0.2) is 42.4 Å². The van der Waals surface area contributed by atoms with Gasteiger partial charge in [0.1, 0.15) is 0 Å². The molecule has 1 atom stereocenters. The van der Waals surface area contributed by atoms with E-state index in [2.05, 4.69) is 5.32 Å². The van der Waals surface area contributed by atoms with Gasteiger partial charge >= 0.3 is 0 Å². The molecule has 1 saturated heterocycles. The Morgan fingerprint density at radius 3 is 2.70 bits per heavy atom. The standard InChI is InChI=1S/C17H24ClN3O2/c18-14-6-4-13(5-7-14)11-17(23)21-10-2-1-3-15(21)12-20-16(22)8-9-19/h4-7,15H,1-3,8-12,19H2,(H,20,22). The summed E-state index contributed by atoms with van der Waals surface area (Å²) in [7, 11) is 0. The first-order valence-corrected chi connectivity index (χ1v) is 8.48. The average Bonchev–Trinajstić information content (AvgIpc) is 2.55. The Morgan fingerprint density at radius 2 is 2.00 bits per heavy atom. The number of hydrogen-bond donors (Lipinski definition) is 2. The molecular weight excluding hydrogens is 314 g/mol. The molecule has 1 fully saturated rings. The number of halogens is 1. The van der Waals surface area contributed by atoms with E-state index in [1.54, 1.807) is 12.1 Å². The monoisotopic (exact) mass is 337 g/mol. The van der Waals surface area contributed by atoms with Crippen molar-refractivity contribution in [2.45, 2.75) is 38.1 Å². The molecule has 23 heavy (non-hydrogen) atoms. The van der Waals surface area contributed by atoms with E-state index >= 15 is 0 Å². The molecule has 1 aliphatic heterocycles. The highest BCUT2D eigenvalue weighted by atomic mass is 35.5. The van der Waals surface area contributed by atoms with Crippen LogP contribution < -0.4 is 11.1 Å². The van der Waals surface area contributed by atoms with Crippen LogP contribution in [-0.2, 0) is 16.0 Å². The number of nitrogens with one attached hydrogen (secondary N) is 1. The first kappa shape index (κ1) is 17.8. The van der Waals surface area contributed by atoms with Crippen LogP contribution in [0.5, 0.6) is 0 Å². The van der Waals surface area contributed by atoms with Crippen LogP contribution in [0.2, 0.25) is 5.02 Å². The van der Waals surface area contributed by atoms with Crippen molar-refractivity contribution in [3.8, 4) is 0 Å². The fraction of sp³-hybridized carbons (Fsp3) is 0.529. The van der Waals surface area contributed by atoms with Crippen molar-refractivity contribution in [2.75, 3.05) is 19.6 Å². The Morgan fingerprint density at radius 1 is 1.26 bits per heavy atom. The summed E-state index contributed by atoms with van der Waals surface area (Å²) >= 11 is 5.87. The molecule has 1 aromatic rings. The number of piperidine rings is 1. The van der Waals surface area contributed by atoms with Crippen LogP contribution in [0.25, 0.3) is 0 Å². The van der Waals surface area contributed by atoms with E-state index in [0.29, 0.717) is 31.0 Å². The predicted octanol–water partition coefficient (Wildman–Crippen LogP) is 1.73. The fourth-order valence-electron chi connectivity index (χ4n) is 2.87. The number of benzene rings is 1.